The summed E-state index contributed by atoms with van der Waals surface area (Å²) < 4.78 is 5.12. The van der Waals surface area contributed by atoms with Gasteiger partial charge in [0.15, 0.2) is 0 Å². The van der Waals surface area contributed by atoms with Gasteiger partial charge in [-0.1, -0.05) is 37.0 Å². The number of rotatable bonds is 5. The summed E-state index contributed by atoms with van der Waals surface area (Å²) in [6, 6.07) is 3.87. The van der Waals surface area contributed by atoms with E-state index in [1.165, 1.54) is 0 Å². The van der Waals surface area contributed by atoms with Gasteiger partial charge in [0, 0.05) is 17.1 Å². The second kappa shape index (κ2) is 6.33. The highest BCUT2D eigenvalue weighted by Crippen LogP contribution is 2.34. The van der Waals surface area contributed by atoms with E-state index in [0.29, 0.717) is 15.8 Å². The van der Waals surface area contributed by atoms with Crippen LogP contribution < -0.4 is 10.1 Å². The molecule has 0 saturated heterocycles. The van der Waals surface area contributed by atoms with Gasteiger partial charge in [0.25, 0.3) is 0 Å². The van der Waals surface area contributed by atoms with Crippen LogP contribution in [0.25, 0.3) is 0 Å². The Labute approximate surface area is 107 Å². The summed E-state index contributed by atoms with van der Waals surface area (Å²) in [5.74, 6) is 0.613. The normalized spacial score (nSPS) is 12.6. The van der Waals surface area contributed by atoms with E-state index < -0.39 is 0 Å². The summed E-state index contributed by atoms with van der Waals surface area (Å²) in [5, 5.41) is 4.65. The summed E-state index contributed by atoms with van der Waals surface area (Å²) in [6.45, 7) is 5.09. The Balaban J connectivity index is 3.08. The van der Waals surface area contributed by atoms with Crippen LogP contribution >= 0.6 is 23.2 Å². The molecule has 4 heteroatoms. The van der Waals surface area contributed by atoms with Crippen LogP contribution in [0.1, 0.15) is 31.9 Å². The van der Waals surface area contributed by atoms with Crippen LogP contribution in [0.15, 0.2) is 12.1 Å². The maximum Gasteiger partial charge on any atom is 0.138 e. The van der Waals surface area contributed by atoms with Crippen LogP contribution in [0, 0.1) is 0 Å². The first-order chi connectivity index (χ1) is 7.63. The fraction of sp³-hybridized carbons (Fsp3) is 0.500. The smallest absolute Gasteiger partial charge is 0.138 e. The van der Waals surface area contributed by atoms with Gasteiger partial charge in [-0.3, -0.25) is 0 Å². The van der Waals surface area contributed by atoms with Crippen LogP contribution in [0.2, 0.25) is 10.0 Å². The third-order valence-electron chi connectivity index (χ3n) is 2.51. The van der Waals surface area contributed by atoms with Crippen molar-refractivity contribution in [2.45, 2.75) is 26.3 Å². The number of benzene rings is 1. The molecule has 16 heavy (non-hydrogen) atoms. The third kappa shape index (κ3) is 3.03. The first-order valence-corrected chi connectivity index (χ1v) is 6.15. The zero-order valence-electron chi connectivity index (χ0n) is 9.81. The van der Waals surface area contributed by atoms with Crippen molar-refractivity contribution in [1.29, 1.82) is 0 Å². The van der Waals surface area contributed by atoms with Gasteiger partial charge in [-0.15, -0.1) is 0 Å². The second-order valence-electron chi connectivity index (χ2n) is 3.53. The molecular formula is C12H17Cl2NO. The highest BCUT2D eigenvalue weighted by molar-refractivity contribution is 6.34. The highest BCUT2D eigenvalue weighted by Gasteiger charge is 2.14. The topological polar surface area (TPSA) is 21.3 Å². The van der Waals surface area contributed by atoms with Crippen LogP contribution in [0.5, 0.6) is 5.75 Å². The van der Waals surface area contributed by atoms with E-state index in [2.05, 4.69) is 19.2 Å². The molecule has 2 nitrogen and oxygen atoms in total. The van der Waals surface area contributed by atoms with Crippen molar-refractivity contribution >= 4 is 23.2 Å². The lowest BCUT2D eigenvalue weighted by Crippen LogP contribution is -2.20. The minimum Gasteiger partial charge on any atom is -0.495 e. The van der Waals surface area contributed by atoms with Gasteiger partial charge >= 0.3 is 0 Å². The first kappa shape index (κ1) is 13.6. The summed E-state index contributed by atoms with van der Waals surface area (Å²) >= 11 is 12.3. The molecule has 0 spiro atoms. The number of halogens is 2. The van der Waals surface area contributed by atoms with E-state index >= 15 is 0 Å². The van der Waals surface area contributed by atoms with Gasteiger partial charge in [-0.25, -0.2) is 0 Å². The van der Waals surface area contributed by atoms with Gasteiger partial charge in [0.2, 0.25) is 0 Å². The van der Waals surface area contributed by atoms with Crippen LogP contribution in [-0.4, -0.2) is 13.7 Å². The molecule has 1 rings (SSSR count). The predicted molar refractivity (Wildman–Crippen MR) is 69.7 cm³/mol. The third-order valence-corrected chi connectivity index (χ3v) is 3.13. The Morgan fingerprint density at radius 3 is 2.44 bits per heavy atom. The molecular weight excluding hydrogens is 245 g/mol. The quantitative estimate of drug-likeness (QED) is 0.863. The summed E-state index contributed by atoms with van der Waals surface area (Å²) in [5.41, 5.74) is 1.02. The number of methoxy groups -OCH3 is 1. The van der Waals surface area contributed by atoms with Crippen molar-refractivity contribution in [3.8, 4) is 5.75 Å². The number of hydrogen-bond donors (Lipinski definition) is 1. The van der Waals surface area contributed by atoms with Crippen molar-refractivity contribution in [2.24, 2.45) is 0 Å². The van der Waals surface area contributed by atoms with Crippen molar-refractivity contribution in [1.82, 2.24) is 5.32 Å². The zero-order valence-corrected chi connectivity index (χ0v) is 11.3. The molecule has 90 valence electrons. The maximum atomic E-state index is 6.21. The molecule has 0 fully saturated rings. The molecule has 0 aliphatic rings. The summed E-state index contributed by atoms with van der Waals surface area (Å²) in [4.78, 5) is 0. The lowest BCUT2D eigenvalue weighted by molar-refractivity contribution is 0.414. The molecule has 0 amide bonds. The molecule has 0 aliphatic carbocycles. The SMILES string of the molecule is CCNC(CC)c1cc(Cl)c(OC)cc1Cl. The van der Waals surface area contributed by atoms with Crippen molar-refractivity contribution in [2.75, 3.05) is 13.7 Å². The molecule has 0 aliphatic heterocycles. The molecule has 1 aromatic rings. The average molecular weight is 262 g/mol. The van der Waals surface area contributed by atoms with Crippen molar-refractivity contribution in [3.63, 3.8) is 0 Å². The average Bonchev–Trinajstić information content (AvgIpc) is 2.28. The van der Waals surface area contributed by atoms with Gasteiger partial charge in [-0.2, -0.15) is 0 Å². The molecule has 1 N–H and O–H groups in total. The van der Waals surface area contributed by atoms with Gasteiger partial charge in [0.1, 0.15) is 5.75 Å². The molecule has 0 bridgehead atoms. The lowest BCUT2D eigenvalue weighted by atomic mass is 10.0. The summed E-state index contributed by atoms with van der Waals surface area (Å²) in [6.07, 6.45) is 0.968. The Kier molecular flexibility index (Phi) is 5.39. The van der Waals surface area contributed by atoms with E-state index in [-0.39, 0.29) is 6.04 Å². The molecule has 1 aromatic carbocycles. The predicted octanol–water partition coefficient (Wildman–Crippen LogP) is 4.06. The Hall–Kier alpha value is -0.440. The highest BCUT2D eigenvalue weighted by atomic mass is 35.5. The van der Waals surface area contributed by atoms with E-state index in [0.717, 1.165) is 18.5 Å². The number of ether oxygens (including phenoxy) is 1. The maximum absolute atomic E-state index is 6.21. The fourth-order valence-electron chi connectivity index (χ4n) is 1.69. The number of hydrogen-bond acceptors (Lipinski definition) is 2. The molecule has 1 atom stereocenters. The summed E-state index contributed by atoms with van der Waals surface area (Å²) in [7, 11) is 1.58. The minimum absolute atomic E-state index is 0.237. The van der Waals surface area contributed by atoms with E-state index in [9.17, 15) is 0 Å². The van der Waals surface area contributed by atoms with E-state index in [1.54, 1.807) is 13.2 Å². The van der Waals surface area contributed by atoms with Crippen LogP contribution in [-0.2, 0) is 0 Å². The van der Waals surface area contributed by atoms with Crippen molar-refractivity contribution < 1.29 is 4.74 Å². The lowest BCUT2D eigenvalue weighted by Gasteiger charge is -2.18. The first-order valence-electron chi connectivity index (χ1n) is 5.40. The molecule has 0 radical (unpaired) electrons. The molecule has 0 heterocycles. The minimum atomic E-state index is 0.237. The van der Waals surface area contributed by atoms with E-state index in [4.69, 9.17) is 27.9 Å². The van der Waals surface area contributed by atoms with Crippen LogP contribution in [0.4, 0.5) is 0 Å². The van der Waals surface area contributed by atoms with Crippen LogP contribution in [0.3, 0.4) is 0 Å². The number of nitrogens with one attached hydrogen (secondary N) is 1. The Bertz CT molecular complexity index is 355. The zero-order chi connectivity index (χ0) is 12.1. The van der Waals surface area contributed by atoms with Gasteiger partial charge < -0.3 is 10.1 Å². The van der Waals surface area contributed by atoms with Crippen molar-refractivity contribution in [3.05, 3.63) is 27.7 Å². The standard InChI is InChI=1S/C12H17Cl2NO/c1-4-11(15-5-2)8-6-10(14)12(16-3)7-9(8)13/h6-7,11,15H,4-5H2,1-3H3. The Morgan fingerprint density at radius 1 is 1.25 bits per heavy atom. The largest absolute Gasteiger partial charge is 0.495 e. The fourth-order valence-corrected chi connectivity index (χ4v) is 2.22. The van der Waals surface area contributed by atoms with Gasteiger partial charge in [-0.05, 0) is 24.6 Å². The van der Waals surface area contributed by atoms with Gasteiger partial charge in [0.05, 0.1) is 12.1 Å². The Morgan fingerprint density at radius 2 is 1.94 bits per heavy atom. The second-order valence-corrected chi connectivity index (χ2v) is 4.34. The molecule has 0 aromatic heterocycles. The molecule has 0 saturated carbocycles. The molecule has 1 unspecified atom stereocenters. The monoisotopic (exact) mass is 261 g/mol. The van der Waals surface area contributed by atoms with E-state index in [1.807, 2.05) is 6.07 Å².